The predicted octanol–water partition coefficient (Wildman–Crippen LogP) is 0.894. The molecule has 0 aliphatic carbocycles. The van der Waals surface area contributed by atoms with Crippen molar-refractivity contribution in [3.8, 4) is 0 Å². The summed E-state index contributed by atoms with van der Waals surface area (Å²) in [5, 5.41) is 7.96. The van der Waals surface area contributed by atoms with Crippen molar-refractivity contribution >= 4 is 22.9 Å². The van der Waals surface area contributed by atoms with Crippen LogP contribution in [0, 0.1) is 13.8 Å². The van der Waals surface area contributed by atoms with Gasteiger partial charge in [-0.15, -0.1) is 0 Å². The van der Waals surface area contributed by atoms with Gasteiger partial charge in [0.2, 0.25) is 5.91 Å². The van der Waals surface area contributed by atoms with Gasteiger partial charge in [-0.2, -0.15) is 5.10 Å². The Labute approximate surface area is 128 Å². The molecule has 7 nitrogen and oxygen atoms in total. The largest absolute Gasteiger partial charge is 0.466 e. The summed E-state index contributed by atoms with van der Waals surface area (Å²) in [6, 6.07) is 2.00. The van der Waals surface area contributed by atoms with Crippen molar-refractivity contribution in [1.82, 2.24) is 20.1 Å². The lowest BCUT2D eigenvalue weighted by Gasteiger charge is -2.03. The van der Waals surface area contributed by atoms with Crippen molar-refractivity contribution in [3.63, 3.8) is 0 Å². The van der Waals surface area contributed by atoms with E-state index in [2.05, 4.69) is 20.1 Å². The zero-order chi connectivity index (χ0) is 16.1. The number of esters is 1. The molecule has 0 radical (unpaired) electrons. The highest BCUT2D eigenvalue weighted by atomic mass is 16.5. The van der Waals surface area contributed by atoms with E-state index in [0.717, 1.165) is 16.6 Å². The Kier molecular flexibility index (Phi) is 4.88. The minimum absolute atomic E-state index is 0.0759. The molecule has 2 rings (SSSR count). The van der Waals surface area contributed by atoms with Crippen LogP contribution in [0.25, 0.3) is 11.0 Å². The molecule has 0 saturated carbocycles. The summed E-state index contributed by atoms with van der Waals surface area (Å²) < 4.78 is 6.03. The van der Waals surface area contributed by atoms with Gasteiger partial charge in [-0.25, -0.2) is 14.5 Å². The third-order valence-corrected chi connectivity index (χ3v) is 3.07. The predicted molar refractivity (Wildman–Crippen MR) is 81.2 cm³/mol. The zero-order valence-electron chi connectivity index (χ0n) is 12.8. The molecule has 0 atom stereocenters. The van der Waals surface area contributed by atoms with Crippen LogP contribution >= 0.6 is 0 Å². The molecule has 2 aromatic heterocycles. The summed E-state index contributed by atoms with van der Waals surface area (Å²) in [6.07, 6.45) is 4.53. The van der Waals surface area contributed by atoms with E-state index in [1.165, 1.54) is 19.3 Å². The first-order valence-corrected chi connectivity index (χ1v) is 6.82. The Morgan fingerprint density at radius 1 is 1.41 bits per heavy atom. The number of aromatic nitrogens is 3. The minimum Gasteiger partial charge on any atom is -0.466 e. The maximum atomic E-state index is 11.9. The third kappa shape index (κ3) is 3.69. The van der Waals surface area contributed by atoms with E-state index in [9.17, 15) is 9.59 Å². The van der Waals surface area contributed by atoms with E-state index in [0.29, 0.717) is 5.65 Å². The normalized spacial score (nSPS) is 11.0. The monoisotopic (exact) mass is 302 g/mol. The number of methoxy groups -OCH3 is 1. The van der Waals surface area contributed by atoms with Gasteiger partial charge in [-0.05, 0) is 25.5 Å². The van der Waals surface area contributed by atoms with Gasteiger partial charge in [0.1, 0.15) is 6.54 Å². The van der Waals surface area contributed by atoms with Crippen LogP contribution in [0.3, 0.4) is 0 Å². The average Bonchev–Trinajstić information content (AvgIpc) is 2.79. The number of aryl methyl sites for hydroxylation is 2. The molecule has 0 aromatic carbocycles. The highest BCUT2D eigenvalue weighted by molar-refractivity contribution is 5.83. The quantitative estimate of drug-likeness (QED) is 0.655. The molecular formula is C15H18N4O3. The van der Waals surface area contributed by atoms with Gasteiger partial charge >= 0.3 is 5.97 Å². The molecule has 0 saturated heterocycles. The Morgan fingerprint density at radius 2 is 2.18 bits per heavy atom. The molecule has 2 heterocycles. The summed E-state index contributed by atoms with van der Waals surface area (Å²) >= 11 is 0. The summed E-state index contributed by atoms with van der Waals surface area (Å²) in [4.78, 5) is 27.1. The van der Waals surface area contributed by atoms with Gasteiger partial charge < -0.3 is 10.1 Å². The van der Waals surface area contributed by atoms with Gasteiger partial charge in [-0.3, -0.25) is 4.79 Å². The van der Waals surface area contributed by atoms with Crippen LogP contribution < -0.4 is 5.32 Å². The van der Waals surface area contributed by atoms with Crippen molar-refractivity contribution in [2.24, 2.45) is 0 Å². The zero-order valence-corrected chi connectivity index (χ0v) is 12.8. The Morgan fingerprint density at radius 3 is 2.91 bits per heavy atom. The molecule has 2 aromatic rings. The van der Waals surface area contributed by atoms with Crippen LogP contribution in [0.5, 0.6) is 0 Å². The maximum absolute atomic E-state index is 11.9. The van der Waals surface area contributed by atoms with Crippen molar-refractivity contribution in [2.75, 3.05) is 13.7 Å². The minimum atomic E-state index is -0.456. The van der Waals surface area contributed by atoms with E-state index in [1.54, 1.807) is 10.9 Å². The van der Waals surface area contributed by atoms with Crippen LogP contribution in [0.15, 0.2) is 24.4 Å². The second-order valence-corrected chi connectivity index (χ2v) is 4.86. The van der Waals surface area contributed by atoms with E-state index in [4.69, 9.17) is 0 Å². The lowest BCUT2D eigenvalue weighted by Crippen LogP contribution is -2.28. The van der Waals surface area contributed by atoms with Gasteiger partial charge in [-0.1, -0.05) is 6.08 Å². The van der Waals surface area contributed by atoms with Crippen molar-refractivity contribution in [2.45, 2.75) is 20.4 Å². The number of carbonyl (C=O) groups is 2. The number of hydrogen-bond donors (Lipinski definition) is 1. The topological polar surface area (TPSA) is 86.1 Å². The Bertz CT molecular complexity index is 734. The van der Waals surface area contributed by atoms with E-state index in [-0.39, 0.29) is 19.0 Å². The fourth-order valence-electron chi connectivity index (χ4n) is 2.01. The number of ether oxygens (including phenoxy) is 1. The van der Waals surface area contributed by atoms with E-state index < -0.39 is 5.97 Å². The van der Waals surface area contributed by atoms with Crippen LogP contribution in [0.2, 0.25) is 0 Å². The van der Waals surface area contributed by atoms with Crippen molar-refractivity contribution in [3.05, 3.63) is 35.7 Å². The number of carbonyl (C=O) groups excluding carboxylic acids is 2. The molecular weight excluding hydrogens is 284 g/mol. The number of nitrogens with one attached hydrogen (secondary N) is 1. The fraction of sp³-hybridized carbons (Fsp3) is 0.333. The number of rotatable bonds is 5. The van der Waals surface area contributed by atoms with E-state index >= 15 is 0 Å². The van der Waals surface area contributed by atoms with Gasteiger partial charge in [0.25, 0.3) is 0 Å². The van der Waals surface area contributed by atoms with Crippen molar-refractivity contribution in [1.29, 1.82) is 0 Å². The van der Waals surface area contributed by atoms with Crippen LogP contribution in [-0.4, -0.2) is 40.3 Å². The number of amides is 1. The molecule has 0 unspecified atom stereocenters. The lowest BCUT2D eigenvalue weighted by atomic mass is 10.2. The van der Waals surface area contributed by atoms with Crippen molar-refractivity contribution < 1.29 is 14.3 Å². The molecule has 116 valence electrons. The summed E-state index contributed by atoms with van der Waals surface area (Å²) in [5.74, 6) is -0.663. The molecule has 0 aliphatic heterocycles. The standard InChI is InChI=1S/C15H18N4O3/c1-10-7-12-11(2)18-19(15(12)17-8-10)9-13(20)16-6-4-5-14(21)22-3/h4-5,7-8H,6,9H2,1-3H3,(H,16,20)/b5-4+. The molecule has 22 heavy (non-hydrogen) atoms. The SMILES string of the molecule is COC(=O)/C=C/CNC(=O)Cn1nc(C)c2cc(C)cnc21. The molecule has 0 spiro atoms. The number of fused-ring (bicyclic) bond motifs is 1. The van der Waals surface area contributed by atoms with Gasteiger partial charge in [0.15, 0.2) is 5.65 Å². The van der Waals surface area contributed by atoms with Gasteiger partial charge in [0.05, 0.1) is 12.8 Å². The second-order valence-electron chi connectivity index (χ2n) is 4.86. The molecule has 0 fully saturated rings. The summed E-state index contributed by atoms with van der Waals surface area (Å²) in [7, 11) is 1.30. The average molecular weight is 302 g/mol. The number of pyridine rings is 1. The summed E-state index contributed by atoms with van der Waals surface area (Å²) in [6.45, 7) is 4.17. The molecule has 0 bridgehead atoms. The van der Waals surface area contributed by atoms with Crippen LogP contribution in [0.4, 0.5) is 0 Å². The lowest BCUT2D eigenvalue weighted by molar-refractivity contribution is -0.134. The third-order valence-electron chi connectivity index (χ3n) is 3.07. The molecule has 7 heteroatoms. The Balaban J connectivity index is 2.00. The number of nitrogens with zero attached hydrogens (tertiary/aromatic N) is 3. The molecule has 1 amide bonds. The smallest absolute Gasteiger partial charge is 0.330 e. The molecule has 1 N–H and O–H groups in total. The van der Waals surface area contributed by atoms with Crippen LogP contribution in [0.1, 0.15) is 11.3 Å². The van der Waals surface area contributed by atoms with E-state index in [1.807, 2.05) is 19.9 Å². The fourth-order valence-corrected chi connectivity index (χ4v) is 2.01. The first-order valence-electron chi connectivity index (χ1n) is 6.82. The first kappa shape index (κ1) is 15.7. The van der Waals surface area contributed by atoms with Crippen LogP contribution in [-0.2, 0) is 20.9 Å². The second kappa shape index (κ2) is 6.84. The first-order chi connectivity index (χ1) is 10.5. The number of hydrogen-bond acceptors (Lipinski definition) is 5. The maximum Gasteiger partial charge on any atom is 0.330 e. The highest BCUT2D eigenvalue weighted by Crippen LogP contribution is 2.16. The molecule has 0 aliphatic rings. The summed E-state index contributed by atoms with van der Waals surface area (Å²) in [5.41, 5.74) is 2.57. The Hall–Kier alpha value is -2.70. The van der Waals surface area contributed by atoms with Gasteiger partial charge in [0, 0.05) is 24.2 Å². The highest BCUT2D eigenvalue weighted by Gasteiger charge is 2.11.